The van der Waals surface area contributed by atoms with Gasteiger partial charge in [0.15, 0.2) is 0 Å². The van der Waals surface area contributed by atoms with E-state index in [2.05, 4.69) is 26.1 Å². The first-order valence-corrected chi connectivity index (χ1v) is 9.54. The van der Waals surface area contributed by atoms with Gasteiger partial charge in [-0.25, -0.2) is 0 Å². The summed E-state index contributed by atoms with van der Waals surface area (Å²) >= 11 is 0. The van der Waals surface area contributed by atoms with Crippen LogP contribution in [-0.4, -0.2) is 12.6 Å². The Kier molecular flexibility index (Phi) is 17.0. The fourth-order valence-corrected chi connectivity index (χ4v) is 2.75. The highest BCUT2D eigenvalue weighted by Gasteiger charge is 1.99. The van der Waals surface area contributed by atoms with E-state index in [1.54, 1.807) is 0 Å². The van der Waals surface area contributed by atoms with Gasteiger partial charge in [-0.05, 0) is 26.3 Å². The second-order valence-electron chi connectivity index (χ2n) is 6.53. The van der Waals surface area contributed by atoms with Crippen molar-refractivity contribution in [2.75, 3.05) is 6.54 Å². The normalized spacial score (nSPS) is 12.8. The first-order chi connectivity index (χ1) is 9.81. The van der Waals surface area contributed by atoms with E-state index < -0.39 is 0 Å². The summed E-state index contributed by atoms with van der Waals surface area (Å²) in [5, 5.41) is 3.65. The maximum atomic E-state index is 3.65. The number of unbranched alkanes of at least 4 members (excludes halogenated alkanes) is 11. The van der Waals surface area contributed by atoms with Crippen LogP contribution in [0.2, 0.25) is 0 Å². The smallest absolute Gasteiger partial charge is 0.00387 e. The molecule has 0 saturated carbocycles. The van der Waals surface area contributed by atoms with E-state index in [0.717, 1.165) is 6.04 Å². The molecule has 0 heterocycles. The SMILES string of the molecule is CCCCCCCCCCCCCNC(C)CCCC. The molecule has 0 rings (SSSR count). The fourth-order valence-electron chi connectivity index (χ4n) is 2.75. The molecule has 1 N–H and O–H groups in total. The molecule has 0 aliphatic rings. The summed E-state index contributed by atoms with van der Waals surface area (Å²) in [4.78, 5) is 0. The lowest BCUT2D eigenvalue weighted by Gasteiger charge is -2.12. The molecule has 0 aromatic carbocycles. The summed E-state index contributed by atoms with van der Waals surface area (Å²) in [6.07, 6.45) is 19.8. The van der Waals surface area contributed by atoms with E-state index in [4.69, 9.17) is 0 Å². The van der Waals surface area contributed by atoms with Crippen molar-refractivity contribution in [3.63, 3.8) is 0 Å². The van der Waals surface area contributed by atoms with Crippen molar-refractivity contribution < 1.29 is 0 Å². The molecule has 1 unspecified atom stereocenters. The van der Waals surface area contributed by atoms with Gasteiger partial charge >= 0.3 is 0 Å². The van der Waals surface area contributed by atoms with Crippen LogP contribution in [-0.2, 0) is 0 Å². The zero-order valence-electron chi connectivity index (χ0n) is 14.7. The molecule has 1 atom stereocenters. The Morgan fingerprint density at radius 1 is 0.600 bits per heavy atom. The lowest BCUT2D eigenvalue weighted by Crippen LogP contribution is -2.26. The van der Waals surface area contributed by atoms with Crippen LogP contribution < -0.4 is 5.32 Å². The highest BCUT2D eigenvalue weighted by atomic mass is 14.9. The summed E-state index contributed by atoms with van der Waals surface area (Å²) < 4.78 is 0. The number of nitrogens with one attached hydrogen (secondary N) is 1. The highest BCUT2D eigenvalue weighted by molar-refractivity contribution is 4.60. The molecular weight excluding hydrogens is 242 g/mol. The third kappa shape index (κ3) is 16.0. The average Bonchev–Trinajstić information content (AvgIpc) is 2.46. The Morgan fingerprint density at radius 2 is 1.05 bits per heavy atom. The van der Waals surface area contributed by atoms with Gasteiger partial charge in [-0.1, -0.05) is 90.9 Å². The third-order valence-corrected chi connectivity index (χ3v) is 4.26. The lowest BCUT2D eigenvalue weighted by atomic mass is 10.1. The van der Waals surface area contributed by atoms with Crippen molar-refractivity contribution in [2.24, 2.45) is 0 Å². The van der Waals surface area contributed by atoms with E-state index in [9.17, 15) is 0 Å². The van der Waals surface area contributed by atoms with Crippen LogP contribution in [0.5, 0.6) is 0 Å². The first kappa shape index (κ1) is 20.0. The van der Waals surface area contributed by atoms with E-state index in [-0.39, 0.29) is 0 Å². The van der Waals surface area contributed by atoms with E-state index >= 15 is 0 Å². The van der Waals surface area contributed by atoms with Crippen molar-refractivity contribution in [2.45, 2.75) is 117 Å². The van der Waals surface area contributed by atoms with Gasteiger partial charge in [0.25, 0.3) is 0 Å². The first-order valence-electron chi connectivity index (χ1n) is 9.54. The average molecular weight is 284 g/mol. The third-order valence-electron chi connectivity index (χ3n) is 4.26. The van der Waals surface area contributed by atoms with Gasteiger partial charge in [0.1, 0.15) is 0 Å². The van der Waals surface area contributed by atoms with Gasteiger partial charge in [-0.3, -0.25) is 0 Å². The largest absolute Gasteiger partial charge is 0.314 e. The molecule has 122 valence electrons. The minimum Gasteiger partial charge on any atom is -0.314 e. The van der Waals surface area contributed by atoms with Crippen molar-refractivity contribution in [3.05, 3.63) is 0 Å². The summed E-state index contributed by atoms with van der Waals surface area (Å²) in [7, 11) is 0. The minimum absolute atomic E-state index is 0.720. The minimum atomic E-state index is 0.720. The second-order valence-corrected chi connectivity index (χ2v) is 6.53. The van der Waals surface area contributed by atoms with Crippen LogP contribution in [0.3, 0.4) is 0 Å². The quantitative estimate of drug-likeness (QED) is 0.320. The summed E-state index contributed by atoms with van der Waals surface area (Å²) in [5.74, 6) is 0. The maximum Gasteiger partial charge on any atom is 0.00387 e. The zero-order chi connectivity index (χ0) is 14.9. The molecule has 0 amide bonds. The second kappa shape index (κ2) is 17.0. The topological polar surface area (TPSA) is 12.0 Å². The monoisotopic (exact) mass is 283 g/mol. The molecule has 0 bridgehead atoms. The molecule has 0 spiro atoms. The summed E-state index contributed by atoms with van der Waals surface area (Å²) in [6, 6.07) is 0.720. The van der Waals surface area contributed by atoms with Gasteiger partial charge < -0.3 is 5.32 Å². The Balaban J connectivity index is 3.02. The van der Waals surface area contributed by atoms with E-state index in [0.29, 0.717) is 0 Å². The molecule has 0 aliphatic heterocycles. The molecule has 1 heteroatoms. The molecule has 0 aromatic heterocycles. The Morgan fingerprint density at radius 3 is 1.55 bits per heavy atom. The molecule has 0 saturated heterocycles. The van der Waals surface area contributed by atoms with Crippen LogP contribution >= 0.6 is 0 Å². The van der Waals surface area contributed by atoms with Crippen molar-refractivity contribution in [3.8, 4) is 0 Å². The molecule has 0 radical (unpaired) electrons. The van der Waals surface area contributed by atoms with Crippen molar-refractivity contribution in [1.29, 1.82) is 0 Å². The van der Waals surface area contributed by atoms with Gasteiger partial charge in [-0.2, -0.15) is 0 Å². The highest BCUT2D eigenvalue weighted by Crippen LogP contribution is 2.11. The van der Waals surface area contributed by atoms with Gasteiger partial charge in [0.05, 0.1) is 0 Å². The molecule has 0 fully saturated rings. The fraction of sp³-hybridized carbons (Fsp3) is 1.00. The maximum absolute atomic E-state index is 3.65. The van der Waals surface area contributed by atoms with Crippen LogP contribution in [0.1, 0.15) is 111 Å². The predicted molar refractivity (Wildman–Crippen MR) is 93.5 cm³/mol. The number of hydrogen-bond donors (Lipinski definition) is 1. The van der Waals surface area contributed by atoms with Crippen LogP contribution in [0, 0.1) is 0 Å². The van der Waals surface area contributed by atoms with Crippen LogP contribution in [0.15, 0.2) is 0 Å². The predicted octanol–water partition coefficient (Wildman–Crippen LogP) is 6.47. The van der Waals surface area contributed by atoms with Crippen molar-refractivity contribution >= 4 is 0 Å². The van der Waals surface area contributed by atoms with Gasteiger partial charge in [0.2, 0.25) is 0 Å². The Bertz CT molecular complexity index is 167. The van der Waals surface area contributed by atoms with Gasteiger partial charge in [-0.15, -0.1) is 0 Å². The summed E-state index contributed by atoms with van der Waals surface area (Å²) in [6.45, 7) is 8.12. The van der Waals surface area contributed by atoms with Gasteiger partial charge in [0, 0.05) is 6.04 Å². The lowest BCUT2D eigenvalue weighted by molar-refractivity contribution is 0.475. The number of rotatable bonds is 16. The molecule has 1 nitrogen and oxygen atoms in total. The standard InChI is InChI=1S/C19H41N/c1-4-6-8-9-10-11-12-13-14-15-16-18-20-19(3)17-7-5-2/h19-20H,4-18H2,1-3H3. The molecule has 20 heavy (non-hydrogen) atoms. The Hall–Kier alpha value is -0.0400. The van der Waals surface area contributed by atoms with Crippen molar-refractivity contribution in [1.82, 2.24) is 5.32 Å². The molecular formula is C19H41N. The van der Waals surface area contributed by atoms with Crippen LogP contribution in [0.4, 0.5) is 0 Å². The van der Waals surface area contributed by atoms with E-state index in [1.165, 1.54) is 96.4 Å². The van der Waals surface area contributed by atoms with Crippen LogP contribution in [0.25, 0.3) is 0 Å². The number of hydrogen-bond acceptors (Lipinski definition) is 1. The summed E-state index contributed by atoms with van der Waals surface area (Å²) in [5.41, 5.74) is 0. The van der Waals surface area contributed by atoms with E-state index in [1.807, 2.05) is 0 Å². The Labute approximate surface area is 129 Å². The zero-order valence-corrected chi connectivity index (χ0v) is 14.7. The molecule has 0 aromatic rings. The molecule has 0 aliphatic carbocycles.